The van der Waals surface area contributed by atoms with E-state index in [2.05, 4.69) is 21.7 Å². The van der Waals surface area contributed by atoms with Crippen molar-refractivity contribution >= 4 is 0 Å². The summed E-state index contributed by atoms with van der Waals surface area (Å²) in [5.74, 6) is 0. The Morgan fingerprint density at radius 3 is 2.19 bits per heavy atom. The molecule has 2 aliphatic heterocycles. The van der Waals surface area contributed by atoms with E-state index in [9.17, 15) is 0 Å². The summed E-state index contributed by atoms with van der Waals surface area (Å²) in [6.07, 6.45) is 0. The molecule has 2 rings (SSSR count). The van der Waals surface area contributed by atoms with Crippen LogP contribution in [0.4, 0.5) is 0 Å². The molecule has 0 aromatic carbocycles. The van der Waals surface area contributed by atoms with E-state index in [0.29, 0.717) is 0 Å². The van der Waals surface area contributed by atoms with Crippen LogP contribution >= 0.6 is 0 Å². The minimum absolute atomic E-state index is 0.876. The fraction of sp³-hybridized carbons (Fsp3) is 0.833. The van der Waals surface area contributed by atoms with Crippen LogP contribution in [0.1, 0.15) is 0 Å². The molecule has 2 aliphatic rings. The van der Waals surface area contributed by atoms with Gasteiger partial charge in [0.25, 0.3) is 0 Å². The molecule has 0 atom stereocenters. The lowest BCUT2D eigenvalue weighted by atomic mass is 10.2. The van der Waals surface area contributed by atoms with Crippen molar-refractivity contribution in [1.82, 2.24) is 15.1 Å². The average molecular weight is 225 g/mol. The second kappa shape index (κ2) is 6.35. The van der Waals surface area contributed by atoms with E-state index in [1.54, 1.807) is 0 Å². The van der Waals surface area contributed by atoms with Gasteiger partial charge in [-0.25, -0.2) is 0 Å². The van der Waals surface area contributed by atoms with Gasteiger partial charge in [-0.15, -0.1) is 0 Å². The van der Waals surface area contributed by atoms with Crippen LogP contribution in [0.3, 0.4) is 0 Å². The summed E-state index contributed by atoms with van der Waals surface area (Å²) in [7, 11) is 0. The van der Waals surface area contributed by atoms with E-state index in [1.807, 2.05) is 0 Å². The smallest absolute Gasteiger partial charge is 0.0594 e. The van der Waals surface area contributed by atoms with Gasteiger partial charge in [0.1, 0.15) is 0 Å². The van der Waals surface area contributed by atoms with Crippen LogP contribution < -0.4 is 5.32 Å². The standard InChI is InChI=1S/C12H23N3O/c1-12(10-14-4-2-13-3-5-14)11-15-6-8-16-9-7-15/h13H,1-11H2. The molecule has 0 unspecified atom stereocenters. The molecule has 0 aromatic rings. The molecule has 4 heteroatoms. The Kier molecular flexibility index (Phi) is 4.78. The quantitative estimate of drug-likeness (QED) is 0.670. The van der Waals surface area contributed by atoms with Crippen molar-refractivity contribution in [2.24, 2.45) is 0 Å². The maximum absolute atomic E-state index is 5.34. The molecule has 2 fully saturated rings. The highest BCUT2D eigenvalue weighted by Gasteiger charge is 2.14. The molecule has 1 N–H and O–H groups in total. The molecule has 2 saturated heterocycles. The molecule has 2 heterocycles. The molecular formula is C12H23N3O. The van der Waals surface area contributed by atoms with Crippen LogP contribution in [-0.4, -0.2) is 75.4 Å². The van der Waals surface area contributed by atoms with E-state index in [4.69, 9.17) is 4.74 Å². The highest BCUT2D eigenvalue weighted by Crippen LogP contribution is 2.04. The minimum atomic E-state index is 0.876. The molecule has 92 valence electrons. The summed E-state index contributed by atoms with van der Waals surface area (Å²) in [6, 6.07) is 0. The third-order valence-electron chi connectivity index (χ3n) is 3.21. The number of hydrogen-bond donors (Lipinski definition) is 1. The third-order valence-corrected chi connectivity index (χ3v) is 3.21. The van der Waals surface area contributed by atoms with Crippen LogP contribution in [0, 0.1) is 0 Å². The van der Waals surface area contributed by atoms with Gasteiger partial charge in [-0.1, -0.05) is 6.58 Å². The summed E-state index contributed by atoms with van der Waals surface area (Å²) >= 11 is 0. The van der Waals surface area contributed by atoms with Gasteiger partial charge in [0.15, 0.2) is 0 Å². The number of nitrogens with zero attached hydrogens (tertiary/aromatic N) is 2. The second-order valence-corrected chi connectivity index (χ2v) is 4.66. The summed E-state index contributed by atoms with van der Waals surface area (Å²) in [5, 5.41) is 3.37. The molecule has 0 saturated carbocycles. The Morgan fingerprint density at radius 1 is 1.00 bits per heavy atom. The number of piperazine rings is 1. The Bertz CT molecular complexity index is 198. The topological polar surface area (TPSA) is 27.7 Å². The molecule has 0 aromatic heterocycles. The Morgan fingerprint density at radius 2 is 1.56 bits per heavy atom. The highest BCUT2D eigenvalue weighted by atomic mass is 16.5. The predicted molar refractivity (Wildman–Crippen MR) is 65.7 cm³/mol. The van der Waals surface area contributed by atoms with Gasteiger partial charge in [0.2, 0.25) is 0 Å². The van der Waals surface area contributed by atoms with Crippen molar-refractivity contribution < 1.29 is 4.74 Å². The van der Waals surface area contributed by atoms with Crippen LogP contribution in [-0.2, 0) is 4.74 Å². The SMILES string of the molecule is C=C(CN1CCNCC1)CN1CCOCC1. The van der Waals surface area contributed by atoms with E-state index in [-0.39, 0.29) is 0 Å². The van der Waals surface area contributed by atoms with Crippen molar-refractivity contribution in [2.75, 3.05) is 65.6 Å². The molecule has 0 aliphatic carbocycles. The van der Waals surface area contributed by atoms with Gasteiger partial charge < -0.3 is 10.1 Å². The van der Waals surface area contributed by atoms with Crippen molar-refractivity contribution in [3.8, 4) is 0 Å². The van der Waals surface area contributed by atoms with Crippen LogP contribution in [0.15, 0.2) is 12.2 Å². The van der Waals surface area contributed by atoms with Gasteiger partial charge in [-0.3, -0.25) is 9.80 Å². The molecule has 0 spiro atoms. The molecular weight excluding hydrogens is 202 g/mol. The first-order chi connectivity index (χ1) is 7.84. The lowest BCUT2D eigenvalue weighted by molar-refractivity contribution is 0.0415. The first-order valence-electron chi connectivity index (χ1n) is 6.24. The number of morpholine rings is 1. The number of hydrogen-bond acceptors (Lipinski definition) is 4. The number of rotatable bonds is 4. The Balaban J connectivity index is 1.66. The maximum Gasteiger partial charge on any atom is 0.0594 e. The zero-order valence-corrected chi connectivity index (χ0v) is 10.1. The number of nitrogens with one attached hydrogen (secondary N) is 1. The van der Waals surface area contributed by atoms with Gasteiger partial charge in [0.05, 0.1) is 13.2 Å². The summed E-state index contributed by atoms with van der Waals surface area (Å²) in [4.78, 5) is 4.92. The predicted octanol–water partition coefficient (Wildman–Crippen LogP) is -0.220. The van der Waals surface area contributed by atoms with E-state index in [1.165, 1.54) is 5.57 Å². The van der Waals surface area contributed by atoms with Gasteiger partial charge in [0, 0.05) is 52.4 Å². The van der Waals surface area contributed by atoms with Gasteiger partial charge in [-0.05, 0) is 5.57 Å². The molecule has 0 bridgehead atoms. The van der Waals surface area contributed by atoms with Crippen molar-refractivity contribution in [3.05, 3.63) is 12.2 Å². The lowest BCUT2D eigenvalue weighted by Gasteiger charge is -2.31. The van der Waals surface area contributed by atoms with E-state index < -0.39 is 0 Å². The summed E-state index contributed by atoms with van der Waals surface area (Å²) in [5.41, 5.74) is 1.34. The van der Waals surface area contributed by atoms with Gasteiger partial charge >= 0.3 is 0 Å². The third kappa shape index (κ3) is 3.87. The lowest BCUT2D eigenvalue weighted by Crippen LogP contribution is -2.45. The average Bonchev–Trinajstić information content (AvgIpc) is 2.31. The molecule has 0 amide bonds. The summed E-state index contributed by atoms with van der Waals surface area (Å²) < 4.78 is 5.34. The van der Waals surface area contributed by atoms with Crippen molar-refractivity contribution in [2.45, 2.75) is 0 Å². The molecule has 16 heavy (non-hydrogen) atoms. The largest absolute Gasteiger partial charge is 0.379 e. The summed E-state index contributed by atoms with van der Waals surface area (Å²) in [6.45, 7) is 14.7. The highest BCUT2D eigenvalue weighted by molar-refractivity contribution is 5.01. The molecule has 4 nitrogen and oxygen atoms in total. The van der Waals surface area contributed by atoms with Crippen LogP contribution in [0.5, 0.6) is 0 Å². The van der Waals surface area contributed by atoms with E-state index >= 15 is 0 Å². The minimum Gasteiger partial charge on any atom is -0.379 e. The van der Waals surface area contributed by atoms with Crippen molar-refractivity contribution in [1.29, 1.82) is 0 Å². The maximum atomic E-state index is 5.34. The first-order valence-corrected chi connectivity index (χ1v) is 6.24. The zero-order valence-electron chi connectivity index (χ0n) is 10.1. The fourth-order valence-corrected chi connectivity index (χ4v) is 2.31. The first kappa shape index (κ1) is 12.0. The molecule has 0 radical (unpaired) electrons. The fourth-order valence-electron chi connectivity index (χ4n) is 2.31. The Labute approximate surface area is 98.2 Å². The second-order valence-electron chi connectivity index (χ2n) is 4.66. The van der Waals surface area contributed by atoms with Gasteiger partial charge in [-0.2, -0.15) is 0 Å². The zero-order chi connectivity index (χ0) is 11.2. The van der Waals surface area contributed by atoms with E-state index in [0.717, 1.165) is 65.6 Å². The van der Waals surface area contributed by atoms with Crippen LogP contribution in [0.2, 0.25) is 0 Å². The van der Waals surface area contributed by atoms with Crippen LogP contribution in [0.25, 0.3) is 0 Å². The van der Waals surface area contributed by atoms with Crippen molar-refractivity contribution in [3.63, 3.8) is 0 Å². The number of ether oxygens (including phenoxy) is 1. The monoisotopic (exact) mass is 225 g/mol. The normalized spacial score (nSPS) is 24.5. The Hall–Kier alpha value is -0.420.